The summed E-state index contributed by atoms with van der Waals surface area (Å²) in [6, 6.07) is 0. The number of esters is 1. The highest BCUT2D eigenvalue weighted by Crippen LogP contribution is 2.25. The van der Waals surface area contributed by atoms with Crippen molar-refractivity contribution in [2.45, 2.75) is 258 Å². The molecule has 0 saturated carbocycles. The molecule has 0 aromatic carbocycles. The Balaban J connectivity index is 4.01. The van der Waals surface area contributed by atoms with Crippen LogP contribution in [0.15, 0.2) is 0 Å². The van der Waals surface area contributed by atoms with Crippen LogP contribution in [-0.2, 0) is 14.3 Å². The summed E-state index contributed by atoms with van der Waals surface area (Å²) in [5, 5.41) is 8.71. The highest BCUT2D eigenvalue weighted by Gasteiger charge is 2.10. The molecule has 48 heavy (non-hydrogen) atoms. The van der Waals surface area contributed by atoms with Crippen molar-refractivity contribution in [1.29, 1.82) is 0 Å². The van der Waals surface area contributed by atoms with Gasteiger partial charge in [-0.15, -0.1) is 0 Å². The molecule has 0 rings (SSSR count). The van der Waals surface area contributed by atoms with E-state index in [1.165, 1.54) is 205 Å². The number of ether oxygens (including phenoxy) is 1. The molecular weight excluding hydrogens is 592 g/mol. The molecule has 0 heterocycles. The van der Waals surface area contributed by atoms with Crippen LogP contribution in [0.1, 0.15) is 258 Å². The van der Waals surface area contributed by atoms with Gasteiger partial charge in [0.25, 0.3) is 0 Å². The van der Waals surface area contributed by atoms with Gasteiger partial charge in [0.05, 0.1) is 6.61 Å². The molecule has 0 bridgehead atoms. The second-order valence-corrected chi connectivity index (χ2v) is 15.3. The van der Waals surface area contributed by atoms with E-state index in [2.05, 4.69) is 13.8 Å². The van der Waals surface area contributed by atoms with E-state index in [4.69, 9.17) is 9.84 Å². The van der Waals surface area contributed by atoms with Gasteiger partial charge in [0, 0.05) is 12.8 Å². The molecule has 0 spiro atoms. The van der Waals surface area contributed by atoms with Gasteiger partial charge in [-0.1, -0.05) is 226 Å². The van der Waals surface area contributed by atoms with Gasteiger partial charge >= 0.3 is 11.9 Å². The van der Waals surface area contributed by atoms with Crippen LogP contribution in [0.3, 0.4) is 0 Å². The van der Waals surface area contributed by atoms with Crippen LogP contribution < -0.4 is 0 Å². The van der Waals surface area contributed by atoms with Crippen molar-refractivity contribution < 1.29 is 19.4 Å². The predicted molar refractivity (Wildman–Crippen MR) is 209 cm³/mol. The molecule has 0 radical (unpaired) electrons. The third-order valence-corrected chi connectivity index (χ3v) is 10.5. The lowest BCUT2D eigenvalue weighted by Crippen LogP contribution is -2.06. The monoisotopic (exact) mass is 679 g/mol. The van der Waals surface area contributed by atoms with E-state index < -0.39 is 5.97 Å². The predicted octanol–water partition coefficient (Wildman–Crippen LogP) is 15.1. The van der Waals surface area contributed by atoms with Crippen molar-refractivity contribution in [1.82, 2.24) is 0 Å². The molecule has 0 saturated heterocycles. The molecule has 0 aliphatic carbocycles. The van der Waals surface area contributed by atoms with Gasteiger partial charge in [0.15, 0.2) is 0 Å². The SMILES string of the molecule is CCCCCCCCCCCCCCCCC(CCCCCCCCCCCCCCCC)CCCCCOC(=O)CCCCC(=O)O. The third kappa shape index (κ3) is 39.4. The molecule has 4 nitrogen and oxygen atoms in total. The van der Waals surface area contributed by atoms with Crippen LogP contribution >= 0.6 is 0 Å². The molecule has 286 valence electrons. The topological polar surface area (TPSA) is 63.6 Å². The molecule has 0 atom stereocenters. The Morgan fingerprint density at radius 1 is 0.396 bits per heavy atom. The molecule has 0 aromatic rings. The highest BCUT2D eigenvalue weighted by atomic mass is 16.5. The summed E-state index contributed by atoms with van der Waals surface area (Å²) < 4.78 is 5.38. The molecule has 1 N–H and O–H groups in total. The van der Waals surface area contributed by atoms with Crippen molar-refractivity contribution in [2.75, 3.05) is 6.61 Å². The van der Waals surface area contributed by atoms with E-state index in [1.54, 1.807) is 0 Å². The van der Waals surface area contributed by atoms with Crippen molar-refractivity contribution in [2.24, 2.45) is 5.92 Å². The zero-order valence-electron chi connectivity index (χ0n) is 32.8. The van der Waals surface area contributed by atoms with Crippen LogP contribution in [0, 0.1) is 5.92 Å². The molecule has 0 amide bonds. The van der Waals surface area contributed by atoms with Gasteiger partial charge < -0.3 is 9.84 Å². The van der Waals surface area contributed by atoms with E-state index in [9.17, 15) is 9.59 Å². The van der Waals surface area contributed by atoms with Crippen LogP contribution in [0.25, 0.3) is 0 Å². The zero-order chi connectivity index (χ0) is 35.0. The summed E-state index contributed by atoms with van der Waals surface area (Å²) >= 11 is 0. The fourth-order valence-electron chi connectivity index (χ4n) is 7.20. The normalized spacial score (nSPS) is 11.5. The molecule has 0 aromatic heterocycles. The second kappa shape index (κ2) is 40.4. The Kier molecular flexibility index (Phi) is 39.5. The largest absolute Gasteiger partial charge is 0.481 e. The Morgan fingerprint density at radius 3 is 1.02 bits per heavy atom. The van der Waals surface area contributed by atoms with Crippen molar-refractivity contribution in [3.63, 3.8) is 0 Å². The number of unbranched alkanes of at least 4 members (excludes halogenated alkanes) is 29. The molecule has 4 heteroatoms. The summed E-state index contributed by atoms with van der Waals surface area (Å²) in [4.78, 5) is 22.5. The fraction of sp³-hybridized carbons (Fsp3) is 0.955. The fourth-order valence-corrected chi connectivity index (χ4v) is 7.20. The van der Waals surface area contributed by atoms with Gasteiger partial charge in [0.2, 0.25) is 0 Å². The van der Waals surface area contributed by atoms with Crippen molar-refractivity contribution in [3.8, 4) is 0 Å². The minimum atomic E-state index is -0.796. The van der Waals surface area contributed by atoms with Crippen LogP contribution in [0.4, 0.5) is 0 Å². The summed E-state index contributed by atoms with van der Waals surface area (Å²) in [6.07, 6.45) is 49.1. The van der Waals surface area contributed by atoms with Crippen molar-refractivity contribution >= 4 is 11.9 Å². The first-order valence-electron chi connectivity index (χ1n) is 22.0. The number of aliphatic carboxylic acids is 1. The lowest BCUT2D eigenvalue weighted by atomic mass is 9.89. The number of carbonyl (C=O) groups excluding carboxylic acids is 1. The Morgan fingerprint density at radius 2 is 0.688 bits per heavy atom. The first-order chi connectivity index (χ1) is 23.6. The zero-order valence-corrected chi connectivity index (χ0v) is 32.8. The number of hydrogen-bond donors (Lipinski definition) is 1. The van der Waals surface area contributed by atoms with E-state index >= 15 is 0 Å². The molecule has 0 aliphatic heterocycles. The number of carboxylic acid groups (broad SMARTS) is 1. The molecular formula is C44H86O4. The number of carboxylic acids is 1. The van der Waals surface area contributed by atoms with Crippen molar-refractivity contribution in [3.05, 3.63) is 0 Å². The molecule has 0 unspecified atom stereocenters. The van der Waals surface area contributed by atoms with E-state index in [0.717, 1.165) is 18.8 Å². The average molecular weight is 679 g/mol. The minimum Gasteiger partial charge on any atom is -0.481 e. The first kappa shape index (κ1) is 46.9. The maximum atomic E-state index is 11.9. The quantitative estimate of drug-likeness (QED) is 0.0516. The Labute approximate surface area is 301 Å². The lowest BCUT2D eigenvalue weighted by molar-refractivity contribution is -0.144. The van der Waals surface area contributed by atoms with Gasteiger partial charge in [-0.25, -0.2) is 0 Å². The Hall–Kier alpha value is -1.06. The van der Waals surface area contributed by atoms with Crippen LogP contribution in [0.2, 0.25) is 0 Å². The number of hydrogen-bond acceptors (Lipinski definition) is 3. The maximum Gasteiger partial charge on any atom is 0.305 e. The third-order valence-electron chi connectivity index (χ3n) is 10.5. The van der Waals surface area contributed by atoms with Crippen LogP contribution in [-0.4, -0.2) is 23.7 Å². The molecule has 0 aliphatic rings. The van der Waals surface area contributed by atoms with E-state index in [0.29, 0.717) is 25.9 Å². The summed E-state index contributed by atoms with van der Waals surface area (Å²) in [6.45, 7) is 5.11. The van der Waals surface area contributed by atoms with Crippen LogP contribution in [0.5, 0.6) is 0 Å². The summed E-state index contributed by atoms with van der Waals surface area (Å²) in [5.41, 5.74) is 0. The van der Waals surface area contributed by atoms with Gasteiger partial charge in [0.1, 0.15) is 0 Å². The van der Waals surface area contributed by atoms with Gasteiger partial charge in [-0.3, -0.25) is 9.59 Å². The highest BCUT2D eigenvalue weighted by molar-refractivity contribution is 5.69. The summed E-state index contributed by atoms with van der Waals surface area (Å²) in [7, 11) is 0. The first-order valence-corrected chi connectivity index (χ1v) is 22.0. The second-order valence-electron chi connectivity index (χ2n) is 15.3. The smallest absolute Gasteiger partial charge is 0.305 e. The molecule has 0 fully saturated rings. The Bertz CT molecular complexity index is 616. The number of rotatable bonds is 41. The van der Waals surface area contributed by atoms with E-state index in [1.807, 2.05) is 0 Å². The number of carbonyl (C=O) groups is 2. The van der Waals surface area contributed by atoms with E-state index in [-0.39, 0.29) is 12.4 Å². The standard InChI is InChI=1S/C44H86O4/c1-3-5-7-9-11-13-15-17-19-21-23-25-27-30-36-42(38-32-29-35-41-48-44(47)40-34-33-39-43(45)46)37-31-28-26-24-22-20-18-16-14-12-10-8-6-4-2/h42H,3-41H2,1-2H3,(H,45,46). The lowest BCUT2D eigenvalue weighted by Gasteiger charge is -2.17. The summed E-state index contributed by atoms with van der Waals surface area (Å²) in [5.74, 6) is -0.0966. The van der Waals surface area contributed by atoms with Gasteiger partial charge in [-0.2, -0.15) is 0 Å². The average Bonchev–Trinajstić information content (AvgIpc) is 3.08. The maximum absolute atomic E-state index is 11.9. The van der Waals surface area contributed by atoms with Gasteiger partial charge in [-0.05, 0) is 25.2 Å². The minimum absolute atomic E-state index is 0.132.